The molecule has 19 heavy (non-hydrogen) atoms. The van der Waals surface area contributed by atoms with E-state index in [4.69, 9.17) is 5.73 Å². The second-order valence-corrected chi connectivity index (χ2v) is 5.55. The average molecular weight is 253 g/mol. The summed E-state index contributed by atoms with van der Waals surface area (Å²) in [5.74, 6) is 0. The Bertz CT molecular complexity index is 579. The Hall–Kier alpha value is -1.64. The van der Waals surface area contributed by atoms with Crippen LogP contribution < -0.4 is 5.73 Å². The number of fused-ring (bicyclic) bond motifs is 1. The van der Waals surface area contributed by atoms with Crippen LogP contribution in [0.15, 0.2) is 48.5 Å². The molecule has 2 nitrogen and oxygen atoms in total. The van der Waals surface area contributed by atoms with Crippen LogP contribution in [0.5, 0.6) is 0 Å². The highest BCUT2D eigenvalue weighted by atomic mass is 16.3. The van der Waals surface area contributed by atoms with Gasteiger partial charge in [0.05, 0.1) is 6.61 Å². The molecular weight excluding hydrogens is 234 g/mol. The van der Waals surface area contributed by atoms with E-state index >= 15 is 0 Å². The molecule has 0 heterocycles. The molecule has 1 aliphatic rings. The molecule has 98 valence electrons. The van der Waals surface area contributed by atoms with E-state index in [1.54, 1.807) is 0 Å². The van der Waals surface area contributed by atoms with Gasteiger partial charge in [-0.3, -0.25) is 0 Å². The lowest BCUT2D eigenvalue weighted by Gasteiger charge is -2.33. The highest BCUT2D eigenvalue weighted by Gasteiger charge is 2.29. The van der Waals surface area contributed by atoms with Crippen molar-refractivity contribution < 1.29 is 5.11 Å². The number of aliphatic hydroxyl groups is 1. The molecule has 0 saturated carbocycles. The third kappa shape index (κ3) is 2.42. The number of hydrogen-bond donors (Lipinski definition) is 2. The predicted molar refractivity (Wildman–Crippen MR) is 77.9 cm³/mol. The number of hydrogen-bond acceptors (Lipinski definition) is 2. The molecule has 0 amide bonds. The highest BCUT2D eigenvalue weighted by molar-refractivity contribution is 5.65. The van der Waals surface area contributed by atoms with Crippen molar-refractivity contribution in [2.75, 3.05) is 6.61 Å². The van der Waals surface area contributed by atoms with Crippen molar-refractivity contribution >= 4 is 0 Å². The first kappa shape index (κ1) is 12.4. The molecule has 0 aliphatic heterocycles. The van der Waals surface area contributed by atoms with E-state index in [0.717, 1.165) is 19.3 Å². The van der Waals surface area contributed by atoms with Gasteiger partial charge in [0.25, 0.3) is 0 Å². The van der Waals surface area contributed by atoms with Gasteiger partial charge in [-0.1, -0.05) is 48.5 Å². The van der Waals surface area contributed by atoms with Crippen LogP contribution >= 0.6 is 0 Å². The van der Waals surface area contributed by atoms with Crippen LogP contribution in [0, 0.1) is 0 Å². The van der Waals surface area contributed by atoms with Gasteiger partial charge >= 0.3 is 0 Å². The first-order chi connectivity index (χ1) is 9.20. The van der Waals surface area contributed by atoms with E-state index in [9.17, 15) is 5.11 Å². The molecule has 0 aromatic heterocycles. The molecule has 0 bridgehead atoms. The van der Waals surface area contributed by atoms with Crippen molar-refractivity contribution in [3.05, 3.63) is 59.7 Å². The summed E-state index contributed by atoms with van der Waals surface area (Å²) in [6.07, 6.45) is 2.58. The molecule has 2 aromatic carbocycles. The van der Waals surface area contributed by atoms with Gasteiger partial charge in [0.2, 0.25) is 0 Å². The molecule has 1 unspecified atom stereocenters. The van der Waals surface area contributed by atoms with Gasteiger partial charge in [0.15, 0.2) is 0 Å². The van der Waals surface area contributed by atoms with E-state index < -0.39 is 5.54 Å². The number of benzene rings is 2. The van der Waals surface area contributed by atoms with Gasteiger partial charge in [0.1, 0.15) is 0 Å². The van der Waals surface area contributed by atoms with Gasteiger partial charge in [-0.2, -0.15) is 0 Å². The molecule has 0 saturated heterocycles. The molecule has 0 spiro atoms. The van der Waals surface area contributed by atoms with E-state index in [2.05, 4.69) is 42.5 Å². The number of aliphatic hydroxyl groups excluding tert-OH is 1. The van der Waals surface area contributed by atoms with Crippen molar-refractivity contribution in [2.24, 2.45) is 5.73 Å². The SMILES string of the molecule is NC1(CO)CCc2cc(-c3ccccc3)ccc2C1. The fourth-order valence-corrected chi connectivity index (χ4v) is 2.83. The number of aryl methyl sites for hydroxylation is 1. The van der Waals surface area contributed by atoms with Gasteiger partial charge in [-0.05, 0) is 41.5 Å². The maximum atomic E-state index is 9.38. The van der Waals surface area contributed by atoms with Gasteiger partial charge in [0, 0.05) is 5.54 Å². The zero-order valence-corrected chi connectivity index (χ0v) is 11.0. The summed E-state index contributed by atoms with van der Waals surface area (Å²) in [6.45, 7) is 0.0624. The summed E-state index contributed by atoms with van der Waals surface area (Å²) in [4.78, 5) is 0. The Morgan fingerprint density at radius 2 is 1.79 bits per heavy atom. The van der Waals surface area contributed by atoms with Gasteiger partial charge < -0.3 is 10.8 Å². The van der Waals surface area contributed by atoms with Crippen LogP contribution in [0.3, 0.4) is 0 Å². The fraction of sp³-hybridized carbons (Fsp3) is 0.294. The lowest BCUT2D eigenvalue weighted by atomic mass is 9.78. The van der Waals surface area contributed by atoms with Crippen LogP contribution in [0.4, 0.5) is 0 Å². The average Bonchev–Trinajstić information content (AvgIpc) is 2.48. The zero-order chi connectivity index (χ0) is 13.3. The third-order valence-corrected chi connectivity index (χ3v) is 4.06. The number of nitrogens with two attached hydrogens (primary N) is 1. The maximum absolute atomic E-state index is 9.38. The van der Waals surface area contributed by atoms with Crippen molar-refractivity contribution in [3.8, 4) is 11.1 Å². The molecule has 3 rings (SSSR count). The lowest BCUT2D eigenvalue weighted by Crippen LogP contribution is -2.48. The number of rotatable bonds is 2. The molecule has 1 atom stereocenters. The van der Waals surface area contributed by atoms with Gasteiger partial charge in [-0.25, -0.2) is 0 Å². The van der Waals surface area contributed by atoms with Crippen LogP contribution in [0.1, 0.15) is 17.5 Å². The monoisotopic (exact) mass is 253 g/mol. The molecule has 2 heteroatoms. The molecule has 3 N–H and O–H groups in total. The first-order valence-corrected chi connectivity index (χ1v) is 6.77. The summed E-state index contributed by atoms with van der Waals surface area (Å²) < 4.78 is 0. The standard InChI is InChI=1S/C17H19NO/c18-17(12-19)9-8-15-10-14(6-7-16(15)11-17)13-4-2-1-3-5-13/h1-7,10,19H,8-9,11-12,18H2. The van der Waals surface area contributed by atoms with Crippen LogP contribution in [0.2, 0.25) is 0 Å². The second-order valence-electron chi connectivity index (χ2n) is 5.55. The summed E-state index contributed by atoms with van der Waals surface area (Å²) in [5, 5.41) is 9.38. The Balaban J connectivity index is 1.94. The van der Waals surface area contributed by atoms with E-state index in [1.165, 1.54) is 22.3 Å². The van der Waals surface area contributed by atoms with Crippen molar-refractivity contribution in [2.45, 2.75) is 24.8 Å². The normalized spacial score (nSPS) is 22.0. The summed E-state index contributed by atoms with van der Waals surface area (Å²) in [7, 11) is 0. The topological polar surface area (TPSA) is 46.2 Å². The zero-order valence-electron chi connectivity index (χ0n) is 11.0. The Kier molecular flexibility index (Phi) is 3.13. The maximum Gasteiger partial charge on any atom is 0.0614 e. The molecule has 2 aromatic rings. The molecule has 0 radical (unpaired) electrons. The second kappa shape index (κ2) is 4.80. The largest absolute Gasteiger partial charge is 0.394 e. The summed E-state index contributed by atoms with van der Waals surface area (Å²) in [6, 6.07) is 17.0. The first-order valence-electron chi connectivity index (χ1n) is 6.77. The third-order valence-electron chi connectivity index (χ3n) is 4.06. The summed E-state index contributed by atoms with van der Waals surface area (Å²) >= 11 is 0. The van der Waals surface area contributed by atoms with Crippen LogP contribution in [-0.2, 0) is 12.8 Å². The molecule has 0 fully saturated rings. The van der Waals surface area contributed by atoms with E-state index in [-0.39, 0.29) is 6.61 Å². The molecule has 1 aliphatic carbocycles. The summed E-state index contributed by atoms with van der Waals surface area (Å²) in [5.41, 5.74) is 10.9. The predicted octanol–water partition coefficient (Wildman–Crippen LogP) is 2.53. The van der Waals surface area contributed by atoms with Crippen molar-refractivity contribution in [3.63, 3.8) is 0 Å². The van der Waals surface area contributed by atoms with Crippen molar-refractivity contribution in [1.29, 1.82) is 0 Å². The molecular formula is C17H19NO. The minimum Gasteiger partial charge on any atom is -0.394 e. The van der Waals surface area contributed by atoms with Crippen LogP contribution in [-0.4, -0.2) is 17.3 Å². The Labute approximate surface area is 113 Å². The van der Waals surface area contributed by atoms with Crippen molar-refractivity contribution in [1.82, 2.24) is 0 Å². The highest BCUT2D eigenvalue weighted by Crippen LogP contribution is 2.30. The fourth-order valence-electron chi connectivity index (χ4n) is 2.83. The van der Waals surface area contributed by atoms with E-state index in [0.29, 0.717) is 0 Å². The minimum absolute atomic E-state index is 0.0624. The quantitative estimate of drug-likeness (QED) is 0.864. The Morgan fingerprint density at radius 1 is 1.00 bits per heavy atom. The van der Waals surface area contributed by atoms with Gasteiger partial charge in [-0.15, -0.1) is 0 Å². The van der Waals surface area contributed by atoms with E-state index in [1.807, 2.05) is 6.07 Å². The lowest BCUT2D eigenvalue weighted by molar-refractivity contribution is 0.181. The smallest absolute Gasteiger partial charge is 0.0614 e. The van der Waals surface area contributed by atoms with Crippen LogP contribution in [0.25, 0.3) is 11.1 Å². The Morgan fingerprint density at radius 3 is 2.53 bits per heavy atom. The minimum atomic E-state index is -0.429.